The first-order valence-corrected chi connectivity index (χ1v) is 11.5. The smallest absolute Gasteiger partial charge is 0.338 e. The molecule has 0 spiro atoms. The highest BCUT2D eigenvalue weighted by Crippen LogP contribution is 2.18. The fraction of sp³-hybridized carbons (Fsp3) is 0.130. The van der Waals surface area contributed by atoms with Crippen molar-refractivity contribution in [3.05, 3.63) is 94.5 Å². The maximum absolute atomic E-state index is 12.7. The number of sulfonamides is 1. The number of rotatable bonds is 8. The summed E-state index contributed by atoms with van der Waals surface area (Å²) in [7, 11) is -3.91. The summed E-state index contributed by atoms with van der Waals surface area (Å²) in [6.45, 7) is 1.52. The van der Waals surface area contributed by atoms with E-state index in [0.717, 1.165) is 11.1 Å². The highest BCUT2D eigenvalue weighted by Gasteiger charge is 2.18. The molecule has 0 unspecified atom stereocenters. The minimum Gasteiger partial charge on any atom is -0.452 e. The predicted octanol–water partition coefficient (Wildman–Crippen LogP) is 3.92. The molecule has 0 heterocycles. The molecule has 0 bridgehead atoms. The Labute approximate surface area is 191 Å². The third kappa shape index (κ3) is 6.32. The van der Waals surface area contributed by atoms with Gasteiger partial charge in [-0.3, -0.25) is 9.52 Å². The average molecular weight is 473 g/mol. The Hall–Kier alpha value is -3.36. The maximum Gasteiger partial charge on any atom is 0.338 e. The molecule has 0 radical (unpaired) electrons. The van der Waals surface area contributed by atoms with E-state index in [-0.39, 0.29) is 17.0 Å². The van der Waals surface area contributed by atoms with Gasteiger partial charge in [-0.25, -0.2) is 13.2 Å². The van der Waals surface area contributed by atoms with Gasteiger partial charge in [0, 0.05) is 17.3 Å². The minimum absolute atomic E-state index is 0.0102. The summed E-state index contributed by atoms with van der Waals surface area (Å²) >= 11 is 6.03. The van der Waals surface area contributed by atoms with Crippen molar-refractivity contribution in [3.63, 3.8) is 0 Å². The van der Waals surface area contributed by atoms with E-state index >= 15 is 0 Å². The maximum atomic E-state index is 12.7. The quantitative estimate of drug-likeness (QED) is 0.484. The van der Waals surface area contributed by atoms with Gasteiger partial charge in [-0.15, -0.1) is 0 Å². The molecule has 3 aromatic carbocycles. The topological polar surface area (TPSA) is 102 Å². The van der Waals surface area contributed by atoms with E-state index in [1.165, 1.54) is 24.3 Å². The van der Waals surface area contributed by atoms with Gasteiger partial charge in [0.05, 0.1) is 10.5 Å². The zero-order chi connectivity index (χ0) is 23.1. The Morgan fingerprint density at radius 2 is 1.72 bits per heavy atom. The molecule has 32 heavy (non-hydrogen) atoms. The Balaban J connectivity index is 1.60. The summed E-state index contributed by atoms with van der Waals surface area (Å²) in [4.78, 5) is 24.2. The van der Waals surface area contributed by atoms with Crippen LogP contribution in [0.1, 0.15) is 21.5 Å². The van der Waals surface area contributed by atoms with Gasteiger partial charge in [0.15, 0.2) is 6.61 Å². The van der Waals surface area contributed by atoms with Crippen molar-refractivity contribution in [2.75, 3.05) is 11.3 Å². The Morgan fingerprint density at radius 3 is 2.47 bits per heavy atom. The van der Waals surface area contributed by atoms with Crippen LogP contribution in [0, 0.1) is 6.92 Å². The third-order valence-electron chi connectivity index (χ3n) is 4.42. The Kier molecular flexibility index (Phi) is 7.50. The van der Waals surface area contributed by atoms with Crippen molar-refractivity contribution in [2.24, 2.45) is 0 Å². The van der Waals surface area contributed by atoms with E-state index in [1.54, 1.807) is 42.5 Å². The first-order valence-electron chi connectivity index (χ1n) is 9.61. The first kappa shape index (κ1) is 23.3. The van der Waals surface area contributed by atoms with Gasteiger partial charge >= 0.3 is 5.97 Å². The van der Waals surface area contributed by atoms with E-state index in [9.17, 15) is 18.0 Å². The number of hydrogen-bond acceptors (Lipinski definition) is 5. The van der Waals surface area contributed by atoms with Crippen LogP contribution in [0.2, 0.25) is 5.02 Å². The molecule has 0 aliphatic heterocycles. The Bertz CT molecular complexity index is 1240. The number of ether oxygens (including phenoxy) is 1. The normalized spacial score (nSPS) is 10.9. The lowest BCUT2D eigenvalue weighted by Crippen LogP contribution is -2.28. The van der Waals surface area contributed by atoms with E-state index in [1.807, 2.05) is 13.0 Å². The van der Waals surface area contributed by atoms with Crippen LogP contribution in [0.4, 0.5) is 5.69 Å². The number of anilines is 1. The molecule has 3 aromatic rings. The molecule has 0 aliphatic carbocycles. The Morgan fingerprint density at radius 1 is 0.969 bits per heavy atom. The highest BCUT2D eigenvalue weighted by atomic mass is 35.5. The lowest BCUT2D eigenvalue weighted by molar-refractivity contribution is -0.124. The van der Waals surface area contributed by atoms with Crippen molar-refractivity contribution < 1.29 is 22.7 Å². The molecular formula is C23H21ClN2O5S. The number of aryl methyl sites for hydroxylation is 1. The number of carbonyl (C=O) groups is 2. The number of benzene rings is 3. The van der Waals surface area contributed by atoms with Crippen molar-refractivity contribution >= 4 is 39.2 Å². The first-order chi connectivity index (χ1) is 15.2. The average Bonchev–Trinajstić information content (AvgIpc) is 2.76. The molecule has 0 aliphatic rings. The lowest BCUT2D eigenvalue weighted by Gasteiger charge is -2.10. The van der Waals surface area contributed by atoms with Gasteiger partial charge in [0.2, 0.25) is 0 Å². The zero-order valence-corrected chi connectivity index (χ0v) is 18.7. The van der Waals surface area contributed by atoms with Crippen LogP contribution in [0.25, 0.3) is 0 Å². The number of esters is 1. The summed E-state index contributed by atoms with van der Waals surface area (Å²) in [5.74, 6) is -1.33. The van der Waals surface area contributed by atoms with E-state index in [0.29, 0.717) is 10.7 Å². The molecular weight excluding hydrogens is 452 g/mol. The predicted molar refractivity (Wildman–Crippen MR) is 122 cm³/mol. The van der Waals surface area contributed by atoms with Gasteiger partial charge in [-0.1, -0.05) is 48.0 Å². The molecule has 0 saturated carbocycles. The van der Waals surface area contributed by atoms with E-state index < -0.39 is 28.5 Å². The standard InChI is InChI=1S/C23H21ClN2O5S/c1-16-6-4-9-19(12-16)26-32(29,30)20-10-5-8-17(13-20)23(28)31-15-22(27)25-14-18-7-2-3-11-21(18)24/h2-13,26H,14-15H2,1H3,(H,25,27). The number of carbonyl (C=O) groups excluding carboxylic acids is 2. The van der Waals surface area contributed by atoms with Crippen LogP contribution in [0.5, 0.6) is 0 Å². The van der Waals surface area contributed by atoms with Crippen molar-refractivity contribution in [1.82, 2.24) is 5.32 Å². The van der Waals surface area contributed by atoms with Crippen LogP contribution in [0.3, 0.4) is 0 Å². The fourth-order valence-electron chi connectivity index (χ4n) is 2.81. The summed E-state index contributed by atoms with van der Waals surface area (Å²) in [6, 6.07) is 19.4. The number of nitrogens with one attached hydrogen (secondary N) is 2. The molecule has 9 heteroatoms. The summed E-state index contributed by atoms with van der Waals surface area (Å²) in [6.07, 6.45) is 0. The van der Waals surface area contributed by atoms with Crippen LogP contribution in [0.15, 0.2) is 77.7 Å². The van der Waals surface area contributed by atoms with Crippen molar-refractivity contribution in [2.45, 2.75) is 18.4 Å². The number of hydrogen-bond donors (Lipinski definition) is 2. The van der Waals surface area contributed by atoms with Gasteiger partial charge in [0.25, 0.3) is 15.9 Å². The summed E-state index contributed by atoms with van der Waals surface area (Å²) in [5, 5.41) is 3.12. The molecule has 3 rings (SSSR count). The van der Waals surface area contributed by atoms with Crippen molar-refractivity contribution in [3.8, 4) is 0 Å². The molecule has 2 N–H and O–H groups in total. The summed E-state index contributed by atoms with van der Waals surface area (Å²) < 4.78 is 32.8. The van der Waals surface area contributed by atoms with Crippen LogP contribution in [-0.2, 0) is 26.1 Å². The van der Waals surface area contributed by atoms with Gasteiger partial charge in [-0.2, -0.15) is 0 Å². The molecule has 0 saturated heterocycles. The summed E-state index contributed by atoms with van der Waals surface area (Å²) in [5.41, 5.74) is 2.05. The lowest BCUT2D eigenvalue weighted by atomic mass is 10.2. The molecule has 0 aromatic heterocycles. The second kappa shape index (κ2) is 10.3. The monoisotopic (exact) mass is 472 g/mol. The van der Waals surface area contributed by atoms with E-state index in [2.05, 4.69) is 10.0 Å². The highest BCUT2D eigenvalue weighted by molar-refractivity contribution is 7.92. The molecule has 166 valence electrons. The largest absolute Gasteiger partial charge is 0.452 e. The third-order valence-corrected chi connectivity index (χ3v) is 6.17. The van der Waals surface area contributed by atoms with Crippen LogP contribution in [-0.4, -0.2) is 26.9 Å². The van der Waals surface area contributed by atoms with Crippen LogP contribution >= 0.6 is 11.6 Å². The fourth-order valence-corrected chi connectivity index (χ4v) is 4.11. The minimum atomic E-state index is -3.91. The second-order valence-electron chi connectivity index (χ2n) is 6.95. The zero-order valence-electron chi connectivity index (χ0n) is 17.2. The SMILES string of the molecule is Cc1cccc(NS(=O)(=O)c2cccc(C(=O)OCC(=O)NCc3ccccc3Cl)c2)c1. The number of halogens is 1. The molecule has 0 atom stereocenters. The van der Waals surface area contributed by atoms with Crippen LogP contribution < -0.4 is 10.0 Å². The molecule has 1 amide bonds. The molecule has 0 fully saturated rings. The van der Waals surface area contributed by atoms with Gasteiger partial charge in [-0.05, 0) is 54.4 Å². The van der Waals surface area contributed by atoms with Crippen molar-refractivity contribution in [1.29, 1.82) is 0 Å². The second-order valence-corrected chi connectivity index (χ2v) is 9.04. The van der Waals surface area contributed by atoms with E-state index in [4.69, 9.17) is 16.3 Å². The van der Waals surface area contributed by atoms with Gasteiger partial charge < -0.3 is 10.1 Å². The molecule has 7 nitrogen and oxygen atoms in total. The van der Waals surface area contributed by atoms with Gasteiger partial charge in [0.1, 0.15) is 0 Å². The number of amides is 1.